The predicted octanol–water partition coefficient (Wildman–Crippen LogP) is 20.9. The summed E-state index contributed by atoms with van der Waals surface area (Å²) in [4.78, 5) is 0. The fourth-order valence-electron chi connectivity index (χ4n) is 14.5. The fourth-order valence-corrected chi connectivity index (χ4v) is 14.5. The minimum atomic E-state index is 0.899. The Hall–Kier alpha value is -9.36. The van der Waals surface area contributed by atoms with Crippen LogP contribution in [-0.4, -0.2) is 0 Å². The van der Waals surface area contributed by atoms with Crippen LogP contribution in [0.15, 0.2) is 237 Å². The molecule has 0 radical (unpaired) electrons. The average Bonchev–Trinajstić information content (AvgIpc) is 4.13. The van der Waals surface area contributed by atoms with E-state index in [9.17, 15) is 0 Å². The van der Waals surface area contributed by atoms with Gasteiger partial charge in [-0.2, -0.15) is 0 Å². The standard InChI is InChI=1S/C74H44/c1-2-48-60(43-20-8-3-9-21-43)62(45-24-12-5-13-25-45)72-56-39-35-50-52-37-41-58-68-57(40-36-51(66(52)68)49-34-38-55(67(56)65(49)50)69(72)61(48)44-22-10-4-11-23-44)73-63(46-26-14-6-15-27-46)70-53-32-18-30-42-31-19-33-54(59(42)53)71(70)64(74(58)73)47-28-16-7-17-29-47/h3-41H,2H2,1H3. The molecule has 1 aliphatic rings. The molecule has 0 heteroatoms. The van der Waals surface area contributed by atoms with Crippen LogP contribution in [0.3, 0.4) is 0 Å². The molecule has 1 aliphatic carbocycles. The van der Waals surface area contributed by atoms with Crippen molar-refractivity contribution in [3.63, 3.8) is 0 Å². The molecule has 16 aromatic carbocycles. The molecule has 0 unspecified atom stereocenters. The maximum atomic E-state index is 2.48. The second-order valence-corrected chi connectivity index (χ2v) is 20.6. The van der Waals surface area contributed by atoms with Crippen LogP contribution in [0.25, 0.3) is 175 Å². The Balaban J connectivity index is 1.05. The molecular weight excluding hydrogens is 889 g/mol. The van der Waals surface area contributed by atoms with Crippen molar-refractivity contribution in [2.24, 2.45) is 0 Å². The van der Waals surface area contributed by atoms with Gasteiger partial charge in [0.15, 0.2) is 0 Å². The van der Waals surface area contributed by atoms with Crippen LogP contribution >= 0.6 is 0 Å². The summed E-state index contributed by atoms with van der Waals surface area (Å²) in [7, 11) is 0. The molecule has 0 amide bonds. The van der Waals surface area contributed by atoms with Gasteiger partial charge in [0.1, 0.15) is 0 Å². The van der Waals surface area contributed by atoms with Crippen LogP contribution in [0, 0.1) is 0 Å². The van der Waals surface area contributed by atoms with Gasteiger partial charge >= 0.3 is 0 Å². The predicted molar refractivity (Wildman–Crippen MR) is 319 cm³/mol. The Morgan fingerprint density at radius 2 is 0.514 bits per heavy atom. The molecule has 16 aromatic rings. The second-order valence-electron chi connectivity index (χ2n) is 20.6. The molecule has 0 bridgehead atoms. The third-order valence-corrected chi connectivity index (χ3v) is 17.2. The SMILES string of the molecule is CCc1c(-c2ccccc2)c(-c2ccccc2)c2c(c1-c1ccccc1)-c1ccc3c4ccc5c6c(-c7ccccc7)c7c8cccc9cccc(c7c(-c7ccccc7)c6c6ccc(c7ccc-2c1c37)c4c56)c98. The molecule has 0 aliphatic heterocycles. The van der Waals surface area contributed by atoms with Gasteiger partial charge in [0, 0.05) is 0 Å². The van der Waals surface area contributed by atoms with E-state index in [-0.39, 0.29) is 0 Å². The molecule has 0 aromatic heterocycles. The van der Waals surface area contributed by atoms with Gasteiger partial charge in [-0.05, 0) is 187 Å². The highest BCUT2D eigenvalue weighted by atomic mass is 14.4. The Morgan fingerprint density at radius 1 is 0.203 bits per heavy atom. The first-order valence-corrected chi connectivity index (χ1v) is 26.2. The minimum absolute atomic E-state index is 0.899. The molecule has 74 heavy (non-hydrogen) atoms. The van der Waals surface area contributed by atoms with Crippen LogP contribution in [-0.2, 0) is 6.42 Å². The van der Waals surface area contributed by atoms with Crippen molar-refractivity contribution in [1.82, 2.24) is 0 Å². The Labute approximate surface area is 428 Å². The van der Waals surface area contributed by atoms with Crippen molar-refractivity contribution in [3.8, 4) is 77.9 Å². The molecular formula is C74H44. The first-order chi connectivity index (χ1) is 36.8. The molecule has 340 valence electrons. The molecule has 0 spiro atoms. The molecule has 0 nitrogen and oxygen atoms in total. The van der Waals surface area contributed by atoms with Gasteiger partial charge < -0.3 is 0 Å². The summed E-state index contributed by atoms with van der Waals surface area (Å²) in [6, 6.07) is 89.6. The van der Waals surface area contributed by atoms with E-state index in [0.29, 0.717) is 0 Å². The van der Waals surface area contributed by atoms with Gasteiger partial charge in [-0.15, -0.1) is 0 Å². The van der Waals surface area contributed by atoms with E-state index < -0.39 is 0 Å². The molecule has 0 atom stereocenters. The highest BCUT2D eigenvalue weighted by Crippen LogP contribution is 2.62. The lowest BCUT2D eigenvalue weighted by Gasteiger charge is -2.25. The summed E-state index contributed by atoms with van der Waals surface area (Å²) in [6.45, 7) is 2.34. The van der Waals surface area contributed by atoms with Gasteiger partial charge in [-0.3, -0.25) is 0 Å². The van der Waals surface area contributed by atoms with E-state index in [0.717, 1.165) is 6.42 Å². The van der Waals surface area contributed by atoms with E-state index in [4.69, 9.17) is 0 Å². The van der Waals surface area contributed by atoms with Gasteiger partial charge in [-0.1, -0.05) is 244 Å². The van der Waals surface area contributed by atoms with E-state index in [1.807, 2.05) is 0 Å². The first-order valence-electron chi connectivity index (χ1n) is 26.2. The second kappa shape index (κ2) is 14.9. The van der Waals surface area contributed by atoms with Crippen LogP contribution in [0.1, 0.15) is 12.5 Å². The number of benzene rings is 14. The first kappa shape index (κ1) is 40.3. The molecule has 0 saturated heterocycles. The lowest BCUT2D eigenvalue weighted by molar-refractivity contribution is 1.15. The van der Waals surface area contributed by atoms with Crippen LogP contribution in [0.4, 0.5) is 0 Å². The summed E-state index contributed by atoms with van der Waals surface area (Å²) in [5.74, 6) is 0. The zero-order valence-electron chi connectivity index (χ0n) is 40.7. The number of rotatable bonds is 6. The van der Waals surface area contributed by atoms with Crippen molar-refractivity contribution in [3.05, 3.63) is 242 Å². The van der Waals surface area contributed by atoms with Gasteiger partial charge in [0.2, 0.25) is 0 Å². The maximum Gasteiger partial charge on any atom is -0.000717 e. The van der Waals surface area contributed by atoms with E-state index in [1.54, 1.807) is 0 Å². The third kappa shape index (κ3) is 5.07. The summed E-state index contributed by atoms with van der Waals surface area (Å²) < 4.78 is 0. The zero-order valence-corrected chi connectivity index (χ0v) is 40.7. The normalized spacial score (nSPS) is 12.4. The van der Waals surface area contributed by atoms with Crippen molar-refractivity contribution in [2.75, 3.05) is 0 Å². The summed E-state index contributed by atoms with van der Waals surface area (Å²) in [6.07, 6.45) is 0.899. The largest absolute Gasteiger partial charge is 0.0622 e. The zero-order chi connectivity index (χ0) is 48.3. The Kier molecular flexibility index (Phi) is 8.08. The third-order valence-electron chi connectivity index (χ3n) is 17.2. The van der Waals surface area contributed by atoms with Crippen LogP contribution in [0.2, 0.25) is 0 Å². The number of hydrogen-bond donors (Lipinski definition) is 0. The Bertz CT molecular complexity index is 4800. The molecule has 17 rings (SSSR count). The van der Waals surface area contributed by atoms with Crippen LogP contribution in [0.5, 0.6) is 0 Å². The lowest BCUT2D eigenvalue weighted by atomic mass is 9.78. The fraction of sp³-hybridized carbons (Fsp3) is 0.0270. The molecule has 0 fully saturated rings. The van der Waals surface area contributed by atoms with E-state index in [2.05, 4.69) is 244 Å². The number of fused-ring (bicyclic) bond motifs is 11. The van der Waals surface area contributed by atoms with Gasteiger partial charge in [0.25, 0.3) is 0 Å². The monoisotopic (exact) mass is 932 g/mol. The quantitative estimate of drug-likeness (QED) is 0.115. The van der Waals surface area contributed by atoms with Gasteiger partial charge in [-0.25, -0.2) is 0 Å². The minimum Gasteiger partial charge on any atom is -0.0622 e. The summed E-state index contributed by atoms with van der Waals surface area (Å²) in [5.41, 5.74) is 19.7. The molecule has 0 N–H and O–H groups in total. The topological polar surface area (TPSA) is 0 Å². The average molecular weight is 933 g/mol. The summed E-state index contributed by atoms with van der Waals surface area (Å²) in [5, 5.41) is 24.0. The van der Waals surface area contributed by atoms with Crippen molar-refractivity contribution in [2.45, 2.75) is 13.3 Å². The number of hydrogen-bond acceptors (Lipinski definition) is 0. The van der Waals surface area contributed by atoms with Crippen LogP contribution < -0.4 is 0 Å². The highest BCUT2D eigenvalue weighted by molar-refractivity contribution is 6.50. The smallest absolute Gasteiger partial charge is 0.000717 e. The summed E-state index contributed by atoms with van der Waals surface area (Å²) >= 11 is 0. The molecule has 0 heterocycles. The van der Waals surface area contributed by atoms with Crippen molar-refractivity contribution >= 4 is 97.0 Å². The molecule has 0 saturated carbocycles. The van der Waals surface area contributed by atoms with Gasteiger partial charge in [0.05, 0.1) is 0 Å². The lowest BCUT2D eigenvalue weighted by Crippen LogP contribution is -2.01. The van der Waals surface area contributed by atoms with E-state index in [1.165, 1.54) is 180 Å². The Morgan fingerprint density at radius 3 is 0.932 bits per heavy atom. The highest BCUT2D eigenvalue weighted by Gasteiger charge is 2.35. The maximum absolute atomic E-state index is 2.48. The van der Waals surface area contributed by atoms with Crippen molar-refractivity contribution in [1.29, 1.82) is 0 Å². The van der Waals surface area contributed by atoms with Crippen molar-refractivity contribution < 1.29 is 0 Å². The van der Waals surface area contributed by atoms with E-state index >= 15 is 0 Å².